The summed E-state index contributed by atoms with van der Waals surface area (Å²) in [7, 11) is 1.50. The molecule has 0 unspecified atom stereocenters. The van der Waals surface area contributed by atoms with Crippen LogP contribution in [0.25, 0.3) is 0 Å². The molecule has 2 atom stereocenters. The Labute approximate surface area is 166 Å². The highest BCUT2D eigenvalue weighted by atomic mass is 32.2. The van der Waals surface area contributed by atoms with Gasteiger partial charge in [0.1, 0.15) is 5.75 Å². The van der Waals surface area contributed by atoms with E-state index in [4.69, 9.17) is 9.47 Å². The van der Waals surface area contributed by atoms with Gasteiger partial charge >= 0.3 is 5.97 Å². The monoisotopic (exact) mass is 400 g/mol. The summed E-state index contributed by atoms with van der Waals surface area (Å²) >= 11 is 1.31. The lowest BCUT2D eigenvalue weighted by molar-refractivity contribution is -0.153. The SMILES string of the molecule is COc1ccccc1NC(=O)[C@@H](C)OC(=O)C[C@H]1Sc2ccccc2NC1=O. The van der Waals surface area contributed by atoms with Crippen LogP contribution in [0.1, 0.15) is 13.3 Å². The quantitative estimate of drug-likeness (QED) is 0.724. The van der Waals surface area contributed by atoms with E-state index in [2.05, 4.69) is 10.6 Å². The molecule has 2 amide bonds. The van der Waals surface area contributed by atoms with Crippen molar-refractivity contribution >= 4 is 40.9 Å². The summed E-state index contributed by atoms with van der Waals surface area (Å²) in [5, 5.41) is 4.84. The maximum Gasteiger partial charge on any atom is 0.308 e. The number of anilines is 2. The molecule has 0 saturated heterocycles. The summed E-state index contributed by atoms with van der Waals surface area (Å²) in [4.78, 5) is 37.6. The number of methoxy groups -OCH3 is 1. The van der Waals surface area contributed by atoms with Crippen LogP contribution in [0.5, 0.6) is 5.75 Å². The first-order chi connectivity index (χ1) is 13.5. The van der Waals surface area contributed by atoms with E-state index in [1.165, 1.54) is 25.8 Å². The first-order valence-electron chi connectivity index (χ1n) is 8.68. The van der Waals surface area contributed by atoms with Crippen molar-refractivity contribution in [1.29, 1.82) is 0 Å². The third kappa shape index (κ3) is 4.64. The summed E-state index contributed by atoms with van der Waals surface area (Å²) in [6, 6.07) is 14.3. The van der Waals surface area contributed by atoms with Crippen molar-refractivity contribution in [1.82, 2.24) is 0 Å². The third-order valence-electron chi connectivity index (χ3n) is 4.10. The number of fused-ring (bicyclic) bond motifs is 1. The lowest BCUT2D eigenvalue weighted by atomic mass is 10.2. The Morgan fingerprint density at radius 3 is 2.68 bits per heavy atom. The van der Waals surface area contributed by atoms with Crippen molar-refractivity contribution in [3.05, 3.63) is 48.5 Å². The predicted octanol–water partition coefficient (Wildman–Crippen LogP) is 3.07. The van der Waals surface area contributed by atoms with Gasteiger partial charge in [-0.1, -0.05) is 24.3 Å². The molecule has 1 aliphatic rings. The summed E-state index contributed by atoms with van der Waals surface area (Å²) in [6.45, 7) is 1.48. The van der Waals surface area contributed by atoms with Crippen LogP contribution < -0.4 is 15.4 Å². The Hall–Kier alpha value is -3.00. The van der Waals surface area contributed by atoms with E-state index in [1.807, 2.05) is 18.2 Å². The second-order valence-corrected chi connectivity index (χ2v) is 7.36. The molecule has 0 aliphatic carbocycles. The minimum Gasteiger partial charge on any atom is -0.495 e. The zero-order valence-corrected chi connectivity index (χ0v) is 16.2. The van der Waals surface area contributed by atoms with Gasteiger partial charge in [0.2, 0.25) is 5.91 Å². The molecule has 1 aliphatic heterocycles. The average Bonchev–Trinajstić information content (AvgIpc) is 2.68. The smallest absolute Gasteiger partial charge is 0.308 e. The lowest BCUT2D eigenvalue weighted by Crippen LogP contribution is -2.34. The molecule has 0 radical (unpaired) electrons. The molecule has 2 aromatic rings. The predicted molar refractivity (Wildman–Crippen MR) is 107 cm³/mol. The highest BCUT2D eigenvalue weighted by molar-refractivity contribution is 8.01. The van der Waals surface area contributed by atoms with Crippen LogP contribution in [0.2, 0.25) is 0 Å². The summed E-state index contributed by atoms with van der Waals surface area (Å²) in [5.74, 6) is -0.853. The van der Waals surface area contributed by atoms with Crippen LogP contribution in [0, 0.1) is 0 Å². The molecule has 1 heterocycles. The average molecular weight is 400 g/mol. The van der Waals surface area contributed by atoms with Crippen molar-refractivity contribution in [2.45, 2.75) is 29.6 Å². The van der Waals surface area contributed by atoms with Gasteiger partial charge in [-0.2, -0.15) is 0 Å². The van der Waals surface area contributed by atoms with Crippen LogP contribution in [-0.2, 0) is 19.1 Å². The first-order valence-corrected chi connectivity index (χ1v) is 9.56. The number of ether oxygens (including phenoxy) is 2. The van der Waals surface area contributed by atoms with Gasteiger partial charge in [-0.25, -0.2) is 0 Å². The molecule has 28 heavy (non-hydrogen) atoms. The Bertz CT molecular complexity index is 902. The van der Waals surface area contributed by atoms with Gasteiger partial charge < -0.3 is 20.1 Å². The van der Waals surface area contributed by atoms with E-state index < -0.39 is 23.2 Å². The molecule has 146 valence electrons. The minimum atomic E-state index is -1.01. The van der Waals surface area contributed by atoms with Gasteiger partial charge in [-0.3, -0.25) is 14.4 Å². The lowest BCUT2D eigenvalue weighted by Gasteiger charge is -2.23. The van der Waals surface area contributed by atoms with E-state index >= 15 is 0 Å². The normalized spacial score (nSPS) is 16.4. The maximum atomic E-state index is 12.3. The summed E-state index contributed by atoms with van der Waals surface area (Å²) in [6.07, 6.45) is -1.14. The number of amides is 2. The molecule has 2 aromatic carbocycles. The fraction of sp³-hybridized carbons (Fsp3) is 0.250. The largest absolute Gasteiger partial charge is 0.495 e. The highest BCUT2D eigenvalue weighted by Gasteiger charge is 2.30. The number of carbonyl (C=O) groups excluding carboxylic acids is 3. The summed E-state index contributed by atoms with van der Waals surface area (Å²) < 4.78 is 10.4. The van der Waals surface area contributed by atoms with Gasteiger partial charge in [-0.15, -0.1) is 11.8 Å². The number of carbonyl (C=O) groups is 3. The van der Waals surface area contributed by atoms with Crippen LogP contribution >= 0.6 is 11.8 Å². The number of hydrogen-bond donors (Lipinski definition) is 2. The Balaban J connectivity index is 1.55. The molecule has 3 rings (SSSR count). The molecule has 0 bridgehead atoms. The van der Waals surface area contributed by atoms with E-state index in [1.54, 1.807) is 30.3 Å². The molecular formula is C20H20N2O5S. The standard InChI is InChI=1S/C20H20N2O5S/c1-12(19(24)21-13-7-3-5-9-15(13)26-2)27-18(23)11-17-20(25)22-14-8-4-6-10-16(14)28-17/h3-10,12,17H,11H2,1-2H3,(H,21,24)(H,22,25)/t12-,17-/m1/s1. The van der Waals surface area contributed by atoms with Crippen molar-refractivity contribution in [2.75, 3.05) is 17.7 Å². The fourth-order valence-electron chi connectivity index (χ4n) is 2.66. The second kappa shape index (κ2) is 8.79. The Morgan fingerprint density at radius 1 is 1.18 bits per heavy atom. The van der Waals surface area contributed by atoms with Crippen molar-refractivity contribution < 1.29 is 23.9 Å². The van der Waals surface area contributed by atoms with Crippen LogP contribution in [0.4, 0.5) is 11.4 Å². The number of thioether (sulfide) groups is 1. The van der Waals surface area contributed by atoms with Crippen LogP contribution in [-0.4, -0.2) is 36.2 Å². The molecule has 0 saturated carbocycles. The molecular weight excluding hydrogens is 380 g/mol. The zero-order valence-electron chi connectivity index (χ0n) is 15.4. The van der Waals surface area contributed by atoms with Gasteiger partial charge in [0.15, 0.2) is 6.10 Å². The van der Waals surface area contributed by atoms with Crippen molar-refractivity contribution in [3.63, 3.8) is 0 Å². The zero-order chi connectivity index (χ0) is 20.1. The Morgan fingerprint density at radius 2 is 1.89 bits per heavy atom. The number of benzene rings is 2. The summed E-state index contributed by atoms with van der Waals surface area (Å²) in [5.41, 5.74) is 1.21. The Kier molecular flexibility index (Phi) is 6.20. The molecule has 8 heteroatoms. The van der Waals surface area contributed by atoms with Gasteiger partial charge in [0.05, 0.1) is 30.2 Å². The second-order valence-electron chi connectivity index (χ2n) is 6.12. The van der Waals surface area contributed by atoms with E-state index in [9.17, 15) is 14.4 Å². The van der Waals surface area contributed by atoms with Crippen LogP contribution in [0.3, 0.4) is 0 Å². The van der Waals surface area contributed by atoms with E-state index in [0.717, 1.165) is 10.6 Å². The number of esters is 1. The van der Waals surface area contributed by atoms with E-state index in [0.29, 0.717) is 11.4 Å². The highest BCUT2D eigenvalue weighted by Crippen LogP contribution is 2.36. The van der Waals surface area contributed by atoms with Crippen molar-refractivity contribution in [2.24, 2.45) is 0 Å². The van der Waals surface area contributed by atoms with Crippen LogP contribution in [0.15, 0.2) is 53.4 Å². The number of hydrogen-bond acceptors (Lipinski definition) is 6. The number of para-hydroxylation sites is 3. The molecule has 0 fully saturated rings. The van der Waals surface area contributed by atoms with Gasteiger partial charge in [0, 0.05) is 4.90 Å². The number of rotatable bonds is 6. The third-order valence-corrected chi connectivity index (χ3v) is 5.38. The molecule has 7 nitrogen and oxygen atoms in total. The number of nitrogens with one attached hydrogen (secondary N) is 2. The topological polar surface area (TPSA) is 93.7 Å². The maximum absolute atomic E-state index is 12.3. The molecule has 2 N–H and O–H groups in total. The fourth-order valence-corrected chi connectivity index (χ4v) is 3.75. The van der Waals surface area contributed by atoms with Crippen molar-refractivity contribution in [3.8, 4) is 5.75 Å². The minimum absolute atomic E-state index is 0.128. The first kappa shape index (κ1) is 19.8. The van der Waals surface area contributed by atoms with Gasteiger partial charge in [-0.05, 0) is 31.2 Å². The molecule has 0 spiro atoms. The van der Waals surface area contributed by atoms with E-state index in [-0.39, 0.29) is 12.3 Å². The molecule has 0 aromatic heterocycles. The van der Waals surface area contributed by atoms with Gasteiger partial charge in [0.25, 0.3) is 5.91 Å².